The number of aryl methyl sites for hydroxylation is 1. The molecular formula is C21H21N3O2S2. The van der Waals surface area contributed by atoms with Crippen LogP contribution in [0.15, 0.2) is 59.8 Å². The first-order valence-corrected chi connectivity index (χ1v) is 10.6. The molecule has 0 radical (unpaired) electrons. The zero-order valence-electron chi connectivity index (χ0n) is 15.7. The summed E-state index contributed by atoms with van der Waals surface area (Å²) in [6, 6.07) is 13.5. The monoisotopic (exact) mass is 411 g/mol. The predicted octanol–water partition coefficient (Wildman–Crippen LogP) is 4.42. The standard InChI is InChI=1S/C21H21N3O2S2/c1-14-15(2)28-21(24-18(25)13-27-17-8-4-3-5-9-17)19(14)20(26)23-12-16-7-6-10-22-11-16/h3-11H,12-13H2,1-2H3,(H,23,26)(H,24,25). The highest BCUT2D eigenvalue weighted by Gasteiger charge is 2.21. The first-order chi connectivity index (χ1) is 13.5. The van der Waals surface area contributed by atoms with Gasteiger partial charge in [0.1, 0.15) is 5.00 Å². The number of hydrogen-bond acceptors (Lipinski definition) is 5. The molecule has 2 heterocycles. The summed E-state index contributed by atoms with van der Waals surface area (Å²) < 4.78 is 0. The van der Waals surface area contributed by atoms with Gasteiger partial charge in [0.05, 0.1) is 11.3 Å². The van der Waals surface area contributed by atoms with Crippen molar-refractivity contribution in [1.82, 2.24) is 10.3 Å². The van der Waals surface area contributed by atoms with Crippen LogP contribution in [0.2, 0.25) is 0 Å². The molecule has 0 unspecified atom stereocenters. The molecule has 5 nitrogen and oxygen atoms in total. The Bertz CT molecular complexity index is 957. The molecule has 2 amide bonds. The number of hydrogen-bond donors (Lipinski definition) is 2. The molecule has 0 spiro atoms. The quantitative estimate of drug-likeness (QED) is 0.565. The van der Waals surface area contributed by atoms with Crippen molar-refractivity contribution < 1.29 is 9.59 Å². The molecule has 7 heteroatoms. The average molecular weight is 412 g/mol. The molecule has 0 bridgehead atoms. The molecule has 28 heavy (non-hydrogen) atoms. The minimum atomic E-state index is -0.197. The van der Waals surface area contributed by atoms with Gasteiger partial charge in [-0.05, 0) is 43.2 Å². The summed E-state index contributed by atoms with van der Waals surface area (Å²) in [6.45, 7) is 4.24. The fourth-order valence-corrected chi connectivity index (χ4v) is 4.38. The first-order valence-electron chi connectivity index (χ1n) is 8.79. The van der Waals surface area contributed by atoms with Gasteiger partial charge in [0.25, 0.3) is 5.91 Å². The van der Waals surface area contributed by atoms with Crippen molar-refractivity contribution in [2.45, 2.75) is 25.3 Å². The van der Waals surface area contributed by atoms with Gasteiger partial charge in [0.15, 0.2) is 0 Å². The number of nitrogens with zero attached hydrogens (tertiary/aromatic N) is 1. The Balaban J connectivity index is 1.65. The molecule has 0 aliphatic heterocycles. The summed E-state index contributed by atoms with van der Waals surface area (Å²) in [6.07, 6.45) is 3.41. The Hall–Kier alpha value is -2.64. The molecule has 0 aliphatic rings. The van der Waals surface area contributed by atoms with E-state index in [0.717, 1.165) is 20.9 Å². The minimum Gasteiger partial charge on any atom is -0.348 e. The van der Waals surface area contributed by atoms with E-state index < -0.39 is 0 Å². The highest BCUT2D eigenvalue weighted by Crippen LogP contribution is 2.32. The Kier molecular flexibility index (Phi) is 6.84. The van der Waals surface area contributed by atoms with Gasteiger partial charge in [-0.1, -0.05) is 24.3 Å². The fraction of sp³-hybridized carbons (Fsp3) is 0.190. The lowest BCUT2D eigenvalue weighted by Crippen LogP contribution is -2.25. The van der Waals surface area contributed by atoms with Crippen LogP contribution in [0.25, 0.3) is 0 Å². The van der Waals surface area contributed by atoms with Crippen LogP contribution in [0, 0.1) is 13.8 Å². The summed E-state index contributed by atoms with van der Waals surface area (Å²) in [4.78, 5) is 31.2. The van der Waals surface area contributed by atoms with Gasteiger partial charge in [-0.25, -0.2) is 0 Å². The van der Waals surface area contributed by atoms with Crippen LogP contribution >= 0.6 is 23.1 Å². The van der Waals surface area contributed by atoms with Crippen LogP contribution in [-0.2, 0) is 11.3 Å². The number of benzene rings is 1. The summed E-state index contributed by atoms with van der Waals surface area (Å²) in [5.74, 6) is -0.0374. The maximum Gasteiger partial charge on any atom is 0.254 e. The van der Waals surface area contributed by atoms with Crippen molar-refractivity contribution in [2.75, 3.05) is 11.1 Å². The molecular weight excluding hydrogens is 390 g/mol. The number of carbonyl (C=O) groups is 2. The Morgan fingerprint density at radius 1 is 1.11 bits per heavy atom. The normalized spacial score (nSPS) is 10.5. The van der Waals surface area contributed by atoms with Gasteiger partial charge in [-0.3, -0.25) is 14.6 Å². The summed E-state index contributed by atoms with van der Waals surface area (Å²) in [7, 11) is 0. The third-order valence-corrected chi connectivity index (χ3v) is 6.29. The Morgan fingerprint density at radius 2 is 1.89 bits per heavy atom. The van der Waals surface area contributed by atoms with Crippen molar-refractivity contribution in [3.8, 4) is 0 Å². The first kappa shape index (κ1) is 20.1. The van der Waals surface area contributed by atoms with Crippen LogP contribution in [-0.4, -0.2) is 22.6 Å². The lowest BCUT2D eigenvalue weighted by atomic mass is 10.1. The molecule has 2 aromatic heterocycles. The van der Waals surface area contributed by atoms with Crippen LogP contribution in [0.3, 0.4) is 0 Å². The highest BCUT2D eigenvalue weighted by molar-refractivity contribution is 8.00. The Labute approximate surface area is 172 Å². The van der Waals surface area contributed by atoms with Crippen LogP contribution in [0.4, 0.5) is 5.00 Å². The van der Waals surface area contributed by atoms with E-state index in [0.29, 0.717) is 17.1 Å². The molecule has 144 valence electrons. The van der Waals surface area contributed by atoms with Gasteiger partial charge >= 0.3 is 0 Å². The number of thioether (sulfide) groups is 1. The van der Waals surface area contributed by atoms with Gasteiger partial charge < -0.3 is 10.6 Å². The number of rotatable bonds is 7. The summed E-state index contributed by atoms with van der Waals surface area (Å²) >= 11 is 2.89. The summed E-state index contributed by atoms with van der Waals surface area (Å²) in [5, 5.41) is 6.41. The zero-order valence-corrected chi connectivity index (χ0v) is 17.3. The second-order valence-electron chi connectivity index (χ2n) is 6.18. The fourth-order valence-electron chi connectivity index (χ4n) is 2.59. The molecule has 0 saturated carbocycles. The Morgan fingerprint density at radius 3 is 2.61 bits per heavy atom. The number of anilines is 1. The van der Waals surface area contributed by atoms with Crippen LogP contribution in [0.1, 0.15) is 26.4 Å². The third-order valence-electron chi connectivity index (χ3n) is 4.15. The lowest BCUT2D eigenvalue weighted by molar-refractivity contribution is -0.113. The molecule has 0 saturated heterocycles. The van der Waals surface area contributed by atoms with Crippen molar-refractivity contribution in [2.24, 2.45) is 0 Å². The maximum absolute atomic E-state index is 12.8. The molecule has 3 aromatic rings. The number of amides is 2. The highest BCUT2D eigenvalue weighted by atomic mass is 32.2. The molecule has 0 atom stereocenters. The number of carbonyl (C=O) groups excluding carboxylic acids is 2. The van der Waals surface area contributed by atoms with E-state index in [2.05, 4.69) is 15.6 Å². The molecule has 3 rings (SSSR count). The molecule has 2 N–H and O–H groups in total. The predicted molar refractivity (Wildman–Crippen MR) is 115 cm³/mol. The van der Waals surface area contributed by atoms with Crippen molar-refractivity contribution in [3.63, 3.8) is 0 Å². The lowest BCUT2D eigenvalue weighted by Gasteiger charge is -2.09. The smallest absolute Gasteiger partial charge is 0.254 e. The van der Waals surface area contributed by atoms with E-state index >= 15 is 0 Å². The van der Waals surface area contributed by atoms with E-state index in [-0.39, 0.29) is 17.6 Å². The third kappa shape index (κ3) is 5.21. The zero-order chi connectivity index (χ0) is 19.9. The minimum absolute atomic E-state index is 0.128. The van der Waals surface area contributed by atoms with E-state index in [9.17, 15) is 9.59 Å². The second-order valence-corrected chi connectivity index (χ2v) is 8.45. The van der Waals surface area contributed by atoms with Gasteiger partial charge in [-0.2, -0.15) is 0 Å². The van der Waals surface area contributed by atoms with E-state index in [1.54, 1.807) is 12.4 Å². The van der Waals surface area contributed by atoms with Crippen LogP contribution < -0.4 is 10.6 Å². The average Bonchev–Trinajstić information content (AvgIpc) is 2.99. The van der Waals surface area contributed by atoms with Gasteiger partial charge in [0, 0.05) is 28.7 Å². The topological polar surface area (TPSA) is 71.1 Å². The van der Waals surface area contributed by atoms with Gasteiger partial charge in [0.2, 0.25) is 5.91 Å². The van der Waals surface area contributed by atoms with Crippen molar-refractivity contribution in [1.29, 1.82) is 0 Å². The number of thiophene rings is 1. The number of pyridine rings is 1. The summed E-state index contributed by atoms with van der Waals surface area (Å²) in [5.41, 5.74) is 2.34. The van der Waals surface area contributed by atoms with Crippen molar-refractivity contribution >= 4 is 39.9 Å². The van der Waals surface area contributed by atoms with Crippen molar-refractivity contribution in [3.05, 3.63) is 76.4 Å². The maximum atomic E-state index is 12.8. The number of aromatic nitrogens is 1. The SMILES string of the molecule is Cc1sc(NC(=O)CSc2ccccc2)c(C(=O)NCc2cccnc2)c1C. The number of nitrogens with one attached hydrogen (secondary N) is 2. The molecule has 0 aliphatic carbocycles. The van der Waals surface area contributed by atoms with E-state index in [1.807, 2.05) is 56.3 Å². The van der Waals surface area contributed by atoms with E-state index in [1.165, 1.54) is 23.1 Å². The second kappa shape index (κ2) is 9.52. The molecule has 0 fully saturated rings. The molecule has 1 aromatic carbocycles. The van der Waals surface area contributed by atoms with E-state index in [4.69, 9.17) is 0 Å². The van der Waals surface area contributed by atoms with Crippen LogP contribution in [0.5, 0.6) is 0 Å². The van der Waals surface area contributed by atoms with Gasteiger partial charge in [-0.15, -0.1) is 23.1 Å². The largest absolute Gasteiger partial charge is 0.348 e.